The Bertz CT molecular complexity index is 836. The minimum absolute atomic E-state index is 0.00356. The first-order chi connectivity index (χ1) is 19.1. The molecular formula is C26H46N6O8. The molecule has 5 amide bonds. The molecule has 14 heteroatoms. The van der Waals surface area contributed by atoms with Crippen LogP contribution in [0.15, 0.2) is 24.3 Å². The van der Waals surface area contributed by atoms with Gasteiger partial charge in [-0.15, -0.1) is 0 Å². The third-order valence-electron chi connectivity index (χ3n) is 5.61. The summed E-state index contributed by atoms with van der Waals surface area (Å²) in [6.07, 6.45) is 10.1. The van der Waals surface area contributed by atoms with E-state index in [0.29, 0.717) is 73.3 Å². The van der Waals surface area contributed by atoms with Crippen LogP contribution in [-0.4, -0.2) is 99.6 Å². The van der Waals surface area contributed by atoms with Crippen LogP contribution in [0.5, 0.6) is 0 Å². The highest BCUT2D eigenvalue weighted by Gasteiger charge is 2.14. The molecule has 0 aliphatic rings. The summed E-state index contributed by atoms with van der Waals surface area (Å²) >= 11 is 0. The average molecular weight is 571 g/mol. The quantitative estimate of drug-likeness (QED) is 0.0472. The van der Waals surface area contributed by atoms with E-state index in [2.05, 4.69) is 10.6 Å². The van der Waals surface area contributed by atoms with Crippen molar-refractivity contribution < 1.29 is 39.6 Å². The van der Waals surface area contributed by atoms with Gasteiger partial charge < -0.3 is 16.4 Å². The molecule has 0 bridgehead atoms. The Balaban J connectivity index is 3.80. The molecule has 0 fully saturated rings. The van der Waals surface area contributed by atoms with Crippen LogP contribution in [0.25, 0.3) is 0 Å². The standard InChI is InChI=1S/C26H46N6O8/c1-22(33)30(38)19-10-4-7-17-28-23(34)13-15-26(37)32(40)21-11-5-8-18-29-24(35)12-14-25(36)31(39)20-9-3-2-6-16-27/h2-3,6,9,38-40H,4-5,7-8,10-21,27H2,1H3,(H,28,34)(H,29,35)/b6-2+,9-3+. The maximum atomic E-state index is 12.0. The van der Waals surface area contributed by atoms with Gasteiger partial charge in [0.15, 0.2) is 0 Å². The number of hydrogen-bond donors (Lipinski definition) is 6. The predicted molar refractivity (Wildman–Crippen MR) is 146 cm³/mol. The highest BCUT2D eigenvalue weighted by atomic mass is 16.5. The zero-order valence-corrected chi connectivity index (χ0v) is 23.4. The number of hydroxylamine groups is 6. The topological polar surface area (TPSA) is 206 Å². The molecule has 228 valence electrons. The lowest BCUT2D eigenvalue weighted by molar-refractivity contribution is -0.166. The van der Waals surface area contributed by atoms with Crippen molar-refractivity contribution in [3.8, 4) is 0 Å². The van der Waals surface area contributed by atoms with E-state index in [9.17, 15) is 39.6 Å². The van der Waals surface area contributed by atoms with Gasteiger partial charge in [0.05, 0.1) is 6.54 Å². The van der Waals surface area contributed by atoms with Crippen LogP contribution in [0.2, 0.25) is 0 Å². The second kappa shape index (κ2) is 23.5. The van der Waals surface area contributed by atoms with Crippen molar-refractivity contribution in [3.05, 3.63) is 24.3 Å². The number of unbranched alkanes of at least 4 members (excludes halogenated alkanes) is 4. The number of nitrogens with one attached hydrogen (secondary N) is 2. The van der Waals surface area contributed by atoms with Crippen molar-refractivity contribution in [2.45, 2.75) is 71.1 Å². The number of allylic oxidation sites excluding steroid dienone is 2. The third kappa shape index (κ3) is 20.6. The molecule has 14 nitrogen and oxygen atoms in total. The summed E-state index contributed by atoms with van der Waals surface area (Å²) in [4.78, 5) is 58.4. The summed E-state index contributed by atoms with van der Waals surface area (Å²) in [5.41, 5.74) is 5.30. The summed E-state index contributed by atoms with van der Waals surface area (Å²) in [6.45, 7) is 2.80. The molecule has 0 spiro atoms. The van der Waals surface area contributed by atoms with Gasteiger partial charge >= 0.3 is 0 Å². The summed E-state index contributed by atoms with van der Waals surface area (Å²) in [7, 11) is 0. The first-order valence-electron chi connectivity index (χ1n) is 13.6. The first-order valence-corrected chi connectivity index (χ1v) is 13.6. The van der Waals surface area contributed by atoms with Crippen molar-refractivity contribution in [1.82, 2.24) is 25.8 Å². The fourth-order valence-corrected chi connectivity index (χ4v) is 3.24. The zero-order valence-electron chi connectivity index (χ0n) is 23.4. The molecule has 0 saturated carbocycles. The van der Waals surface area contributed by atoms with Gasteiger partial charge in [0.2, 0.25) is 29.5 Å². The molecule has 0 radical (unpaired) electrons. The van der Waals surface area contributed by atoms with E-state index in [1.54, 1.807) is 24.3 Å². The molecule has 0 aromatic rings. The lowest BCUT2D eigenvalue weighted by Gasteiger charge is -2.15. The number of nitrogens with zero attached hydrogens (tertiary/aromatic N) is 3. The minimum Gasteiger partial charge on any atom is -0.356 e. The van der Waals surface area contributed by atoms with E-state index < -0.39 is 17.7 Å². The van der Waals surface area contributed by atoms with Crippen molar-refractivity contribution in [1.29, 1.82) is 0 Å². The molecule has 0 aromatic heterocycles. The van der Waals surface area contributed by atoms with Crippen LogP contribution < -0.4 is 16.4 Å². The number of hydrogen-bond acceptors (Lipinski definition) is 9. The van der Waals surface area contributed by atoms with Crippen LogP contribution in [0.4, 0.5) is 0 Å². The molecule has 0 aliphatic heterocycles. The van der Waals surface area contributed by atoms with Crippen molar-refractivity contribution in [3.63, 3.8) is 0 Å². The SMILES string of the molecule is CC(=O)N(O)CCCCCNC(=O)CCC(=O)N(O)CCCCCNC(=O)CCC(=O)N(O)C/C=C/C=C/CN. The zero-order chi connectivity index (χ0) is 30.2. The molecule has 40 heavy (non-hydrogen) atoms. The van der Waals surface area contributed by atoms with E-state index in [-0.39, 0.29) is 57.1 Å². The second-order valence-electron chi connectivity index (χ2n) is 9.05. The molecule has 0 rings (SSSR count). The fraction of sp³-hybridized carbons (Fsp3) is 0.654. The van der Waals surface area contributed by atoms with Gasteiger partial charge in [0, 0.05) is 65.3 Å². The number of amides is 5. The summed E-state index contributed by atoms with van der Waals surface area (Å²) in [5, 5.41) is 35.9. The monoisotopic (exact) mass is 570 g/mol. The molecule has 0 aliphatic carbocycles. The predicted octanol–water partition coefficient (Wildman–Crippen LogP) is 0.864. The van der Waals surface area contributed by atoms with E-state index in [1.165, 1.54) is 6.92 Å². The fourth-order valence-electron chi connectivity index (χ4n) is 3.24. The Hall–Kier alpha value is -3.33. The molecule has 0 heterocycles. The van der Waals surface area contributed by atoms with Gasteiger partial charge in [-0.3, -0.25) is 39.6 Å². The normalized spacial score (nSPS) is 11.0. The van der Waals surface area contributed by atoms with Crippen molar-refractivity contribution >= 4 is 29.5 Å². The van der Waals surface area contributed by atoms with Crippen LogP contribution >= 0.6 is 0 Å². The van der Waals surface area contributed by atoms with E-state index >= 15 is 0 Å². The van der Waals surface area contributed by atoms with Gasteiger partial charge in [-0.1, -0.05) is 24.3 Å². The van der Waals surface area contributed by atoms with E-state index in [1.807, 2.05) is 0 Å². The Morgan fingerprint density at radius 2 is 1.12 bits per heavy atom. The van der Waals surface area contributed by atoms with Crippen LogP contribution in [0, 0.1) is 0 Å². The third-order valence-corrected chi connectivity index (χ3v) is 5.61. The number of nitrogens with two attached hydrogens (primary N) is 1. The number of rotatable bonds is 22. The van der Waals surface area contributed by atoms with E-state index in [4.69, 9.17) is 5.73 Å². The maximum absolute atomic E-state index is 12.0. The Morgan fingerprint density at radius 1 is 0.650 bits per heavy atom. The van der Waals surface area contributed by atoms with Crippen LogP contribution in [0.3, 0.4) is 0 Å². The van der Waals surface area contributed by atoms with Gasteiger partial charge in [0.1, 0.15) is 0 Å². The van der Waals surface area contributed by atoms with Gasteiger partial charge in [-0.05, 0) is 38.5 Å². The molecule has 0 saturated heterocycles. The highest BCUT2D eigenvalue weighted by Crippen LogP contribution is 2.02. The largest absolute Gasteiger partial charge is 0.356 e. The summed E-state index contributed by atoms with van der Waals surface area (Å²) < 4.78 is 0. The number of carbonyl (C=O) groups is 5. The maximum Gasteiger partial charge on any atom is 0.246 e. The van der Waals surface area contributed by atoms with Crippen molar-refractivity contribution in [2.24, 2.45) is 5.73 Å². The molecule has 0 aromatic carbocycles. The lowest BCUT2D eigenvalue weighted by Crippen LogP contribution is -2.31. The Morgan fingerprint density at radius 3 is 1.62 bits per heavy atom. The number of carbonyl (C=O) groups excluding carboxylic acids is 5. The lowest BCUT2D eigenvalue weighted by atomic mass is 10.2. The molecule has 7 N–H and O–H groups in total. The highest BCUT2D eigenvalue weighted by molar-refractivity contribution is 5.83. The minimum atomic E-state index is -0.565. The van der Waals surface area contributed by atoms with E-state index in [0.717, 1.165) is 0 Å². The molecule has 0 atom stereocenters. The van der Waals surface area contributed by atoms with Gasteiger partial charge in [-0.2, -0.15) is 0 Å². The Kier molecular flexibility index (Phi) is 21.6. The Labute approximate surface area is 235 Å². The van der Waals surface area contributed by atoms with Crippen LogP contribution in [0.1, 0.15) is 71.1 Å². The summed E-state index contributed by atoms with van der Waals surface area (Å²) in [5.74, 6) is -2.15. The average Bonchev–Trinajstić information content (AvgIpc) is 2.93. The van der Waals surface area contributed by atoms with Gasteiger partial charge in [-0.25, -0.2) is 15.2 Å². The van der Waals surface area contributed by atoms with Crippen molar-refractivity contribution in [2.75, 3.05) is 39.3 Å². The van der Waals surface area contributed by atoms with Gasteiger partial charge in [0.25, 0.3) is 0 Å². The van der Waals surface area contributed by atoms with Crippen LogP contribution in [-0.2, 0) is 24.0 Å². The molecular weight excluding hydrogens is 524 g/mol. The first kappa shape index (κ1) is 36.7. The second-order valence-corrected chi connectivity index (χ2v) is 9.05. The smallest absolute Gasteiger partial charge is 0.246 e. The molecule has 0 unspecified atom stereocenters. The summed E-state index contributed by atoms with van der Waals surface area (Å²) in [6, 6.07) is 0.